The van der Waals surface area contributed by atoms with E-state index in [0.29, 0.717) is 12.8 Å². The summed E-state index contributed by atoms with van der Waals surface area (Å²) in [5.74, 6) is -6.84. The average Bonchev–Trinajstić information content (AvgIpc) is 3.39. The lowest BCUT2D eigenvalue weighted by Gasteiger charge is -2.29. The normalized spacial score (nSPS) is 18.4. The van der Waals surface area contributed by atoms with Crippen molar-refractivity contribution < 1.29 is 48.9 Å². The van der Waals surface area contributed by atoms with Crippen molar-refractivity contribution in [3.05, 3.63) is 0 Å². The van der Waals surface area contributed by atoms with Crippen LogP contribution in [0.1, 0.15) is 60.3 Å². The maximum Gasteiger partial charge on any atom is 0.328 e. The minimum Gasteiger partial charge on any atom is -0.481 e. The summed E-state index contributed by atoms with van der Waals surface area (Å²) in [6.07, 6.45) is -0.926. The van der Waals surface area contributed by atoms with Gasteiger partial charge in [0.15, 0.2) is 6.04 Å². The van der Waals surface area contributed by atoms with Crippen LogP contribution in [0.25, 0.3) is 0 Å². The maximum absolute atomic E-state index is 13.1. The Balaban J connectivity index is 2.80. The lowest BCUT2D eigenvalue weighted by atomic mass is 10.0. The van der Waals surface area contributed by atoms with E-state index in [9.17, 15) is 43.8 Å². The molecule has 1 rings (SSSR count). The summed E-state index contributed by atoms with van der Waals surface area (Å²) in [6.45, 7) is 7.46. The molecule has 5 amide bonds. The number of carboxylic acid groups (broad SMARTS) is 2. The van der Waals surface area contributed by atoms with Crippen LogP contribution in [0.5, 0.6) is 0 Å². The fourth-order valence-electron chi connectivity index (χ4n) is 4.37. The highest BCUT2D eigenvalue weighted by atomic mass is 16.4. The topological polar surface area (TPSA) is 258 Å². The molecule has 16 nitrogen and oxygen atoms in total. The zero-order chi connectivity index (χ0) is 32.3. The van der Waals surface area contributed by atoms with Crippen molar-refractivity contribution >= 4 is 41.5 Å². The average molecular weight is 601 g/mol. The fourth-order valence-corrected chi connectivity index (χ4v) is 4.37. The van der Waals surface area contributed by atoms with E-state index in [4.69, 9.17) is 10.8 Å². The van der Waals surface area contributed by atoms with Crippen molar-refractivity contribution in [3.63, 3.8) is 0 Å². The van der Waals surface area contributed by atoms with Crippen molar-refractivity contribution in [1.29, 1.82) is 0 Å². The van der Waals surface area contributed by atoms with Gasteiger partial charge in [0.2, 0.25) is 29.5 Å². The quantitative estimate of drug-likeness (QED) is 0.0919. The maximum atomic E-state index is 13.1. The van der Waals surface area contributed by atoms with Crippen molar-refractivity contribution in [1.82, 2.24) is 26.2 Å². The van der Waals surface area contributed by atoms with Gasteiger partial charge in [0.25, 0.3) is 0 Å². The molecule has 6 atom stereocenters. The Morgan fingerprint density at radius 3 is 1.93 bits per heavy atom. The Hall–Kier alpha value is -3.79. The first-order valence-corrected chi connectivity index (χ1v) is 13.8. The lowest BCUT2D eigenvalue weighted by molar-refractivity contribution is -0.145. The number of rotatable bonds is 16. The molecular formula is C26H44N6O10. The molecule has 1 aliphatic rings. The van der Waals surface area contributed by atoms with Crippen LogP contribution in [-0.2, 0) is 33.6 Å². The number of carbonyl (C=O) groups excluding carboxylic acids is 5. The van der Waals surface area contributed by atoms with Gasteiger partial charge < -0.3 is 47.2 Å². The molecule has 1 saturated heterocycles. The second kappa shape index (κ2) is 16.6. The number of carbonyl (C=O) groups is 7. The zero-order valence-corrected chi connectivity index (χ0v) is 24.6. The Morgan fingerprint density at radius 2 is 1.43 bits per heavy atom. The Bertz CT molecular complexity index is 1020. The Kier molecular flexibility index (Phi) is 14.3. The third-order valence-corrected chi connectivity index (χ3v) is 6.81. The molecule has 16 heteroatoms. The predicted octanol–water partition coefficient (Wildman–Crippen LogP) is -2.48. The summed E-state index contributed by atoms with van der Waals surface area (Å²) in [5.41, 5.74) is 5.84. The van der Waals surface area contributed by atoms with Crippen LogP contribution in [0.15, 0.2) is 0 Å². The van der Waals surface area contributed by atoms with Gasteiger partial charge in [-0.05, 0) is 38.0 Å². The molecule has 0 aliphatic carbocycles. The predicted molar refractivity (Wildman–Crippen MR) is 147 cm³/mol. The first kappa shape index (κ1) is 36.2. The highest BCUT2D eigenvalue weighted by molar-refractivity contribution is 5.95. The van der Waals surface area contributed by atoms with Crippen LogP contribution in [0, 0.1) is 11.8 Å². The van der Waals surface area contributed by atoms with Crippen LogP contribution >= 0.6 is 0 Å². The molecular weight excluding hydrogens is 556 g/mol. The standard InChI is InChI=1S/C26H44N6O10/c1-12(2)19(30-22(37)16-7-6-10-32(16)25(40)15(27)8-9-18(35)36)23(38)28-11-17(34)29-20(13(3)4)24(39)31-21(14(5)33)26(41)42/h12-16,19-21,33H,6-11,27H2,1-5H3,(H,28,38)(H,29,34)(H,30,37)(H,31,39)(H,35,36)(H,41,42)/t14-,15+,16+,19+,20+,21+/m1/s1. The summed E-state index contributed by atoms with van der Waals surface area (Å²) < 4.78 is 0. The molecule has 1 fully saturated rings. The first-order valence-electron chi connectivity index (χ1n) is 13.8. The summed E-state index contributed by atoms with van der Waals surface area (Å²) in [5, 5.41) is 37.3. The van der Waals surface area contributed by atoms with Crippen LogP contribution in [0.4, 0.5) is 0 Å². The van der Waals surface area contributed by atoms with E-state index in [0.717, 1.165) is 0 Å². The number of nitrogens with one attached hydrogen (secondary N) is 4. The van der Waals surface area contributed by atoms with Gasteiger partial charge >= 0.3 is 11.9 Å². The number of likely N-dealkylation sites (tertiary alicyclic amines) is 1. The van der Waals surface area contributed by atoms with Crippen LogP contribution in [0.3, 0.4) is 0 Å². The number of hydrogen-bond donors (Lipinski definition) is 8. The van der Waals surface area contributed by atoms with Gasteiger partial charge in [-0.2, -0.15) is 0 Å². The smallest absolute Gasteiger partial charge is 0.328 e. The summed E-state index contributed by atoms with van der Waals surface area (Å²) in [4.78, 5) is 87.3. The van der Waals surface area contributed by atoms with Gasteiger partial charge in [-0.15, -0.1) is 0 Å². The number of aliphatic hydroxyl groups excluding tert-OH is 1. The molecule has 0 unspecified atom stereocenters. The molecule has 1 heterocycles. The number of carboxylic acids is 2. The van der Waals surface area contributed by atoms with Gasteiger partial charge in [-0.1, -0.05) is 27.7 Å². The summed E-state index contributed by atoms with van der Waals surface area (Å²) >= 11 is 0. The van der Waals surface area contributed by atoms with Crippen LogP contribution < -0.4 is 27.0 Å². The molecule has 238 valence electrons. The fraction of sp³-hybridized carbons (Fsp3) is 0.731. The van der Waals surface area contributed by atoms with E-state index >= 15 is 0 Å². The van der Waals surface area contributed by atoms with E-state index < -0.39 is 96.2 Å². The molecule has 0 radical (unpaired) electrons. The molecule has 0 aromatic rings. The molecule has 9 N–H and O–H groups in total. The van der Waals surface area contributed by atoms with Crippen LogP contribution in [0.2, 0.25) is 0 Å². The van der Waals surface area contributed by atoms with Crippen molar-refractivity contribution in [2.24, 2.45) is 17.6 Å². The Morgan fingerprint density at radius 1 is 0.857 bits per heavy atom. The molecule has 1 aliphatic heterocycles. The zero-order valence-electron chi connectivity index (χ0n) is 24.6. The Labute approximate surface area is 244 Å². The molecule has 0 aromatic heterocycles. The molecule has 0 bridgehead atoms. The first-order chi connectivity index (χ1) is 19.5. The second-order valence-corrected chi connectivity index (χ2v) is 11.0. The number of nitrogens with zero attached hydrogens (tertiary/aromatic N) is 1. The SMILES string of the molecule is CC(C)[C@H](NC(=O)CNC(=O)[C@@H](NC(=O)[C@@H]1CCCN1C(=O)[C@@H](N)CCC(=O)O)C(C)C)C(=O)N[C@H](C(=O)O)[C@@H](C)O. The van der Waals surface area contributed by atoms with Gasteiger partial charge in [0.1, 0.15) is 18.1 Å². The van der Waals surface area contributed by atoms with E-state index in [1.54, 1.807) is 27.7 Å². The number of aliphatic hydroxyl groups is 1. The minimum atomic E-state index is -1.59. The molecule has 0 spiro atoms. The number of hydrogen-bond acceptors (Lipinski definition) is 9. The summed E-state index contributed by atoms with van der Waals surface area (Å²) in [6, 6.07) is -5.81. The van der Waals surface area contributed by atoms with Gasteiger partial charge in [0.05, 0.1) is 18.7 Å². The largest absolute Gasteiger partial charge is 0.481 e. The van der Waals surface area contributed by atoms with Gasteiger partial charge in [-0.3, -0.25) is 28.8 Å². The molecule has 0 aromatic carbocycles. The van der Waals surface area contributed by atoms with E-state index in [-0.39, 0.29) is 19.4 Å². The molecule has 0 saturated carbocycles. The highest BCUT2D eigenvalue weighted by Gasteiger charge is 2.38. The highest BCUT2D eigenvalue weighted by Crippen LogP contribution is 2.20. The van der Waals surface area contributed by atoms with E-state index in [1.165, 1.54) is 11.8 Å². The minimum absolute atomic E-state index is 0.0852. The second-order valence-electron chi connectivity index (χ2n) is 11.0. The summed E-state index contributed by atoms with van der Waals surface area (Å²) in [7, 11) is 0. The van der Waals surface area contributed by atoms with Crippen molar-refractivity contribution in [3.8, 4) is 0 Å². The van der Waals surface area contributed by atoms with Crippen LogP contribution in [-0.4, -0.2) is 111 Å². The monoisotopic (exact) mass is 600 g/mol. The molecule has 42 heavy (non-hydrogen) atoms. The third-order valence-electron chi connectivity index (χ3n) is 6.81. The van der Waals surface area contributed by atoms with E-state index in [1.807, 2.05) is 0 Å². The van der Waals surface area contributed by atoms with Crippen molar-refractivity contribution in [2.75, 3.05) is 13.1 Å². The van der Waals surface area contributed by atoms with Crippen molar-refractivity contribution in [2.45, 2.75) is 96.6 Å². The van der Waals surface area contributed by atoms with Gasteiger partial charge in [0, 0.05) is 13.0 Å². The number of amides is 5. The third kappa shape index (κ3) is 10.9. The van der Waals surface area contributed by atoms with E-state index in [2.05, 4.69) is 21.3 Å². The number of aliphatic carboxylic acids is 2. The van der Waals surface area contributed by atoms with Gasteiger partial charge in [-0.25, -0.2) is 4.79 Å². The lowest BCUT2D eigenvalue weighted by Crippen LogP contribution is -2.58. The number of nitrogens with two attached hydrogens (primary N) is 1.